The van der Waals surface area contributed by atoms with E-state index in [0.29, 0.717) is 0 Å². The summed E-state index contributed by atoms with van der Waals surface area (Å²) in [6.07, 6.45) is 0. The molecule has 1 aliphatic heterocycles. The number of hydrogen-bond donors (Lipinski definition) is 2. The highest BCUT2D eigenvalue weighted by molar-refractivity contribution is 5.91. The third-order valence-corrected chi connectivity index (χ3v) is 6.07. The first-order valence-corrected chi connectivity index (χ1v) is 10.3. The zero-order valence-electron chi connectivity index (χ0n) is 17.4. The molecule has 6 heteroatoms. The highest BCUT2D eigenvalue weighted by Crippen LogP contribution is 2.31. The number of H-pyrrole nitrogens is 1. The van der Waals surface area contributed by atoms with Crippen LogP contribution in [-0.2, 0) is 0 Å². The monoisotopic (exact) mass is 398 g/mol. The molecule has 4 aromatic rings. The normalized spacial score (nSPS) is 15.1. The van der Waals surface area contributed by atoms with E-state index in [1.807, 2.05) is 31.2 Å². The number of anilines is 2. The van der Waals surface area contributed by atoms with E-state index < -0.39 is 0 Å². The standard InChI is InChI=1S/C24H26N6/c1-16-19(4-3-5-20(16)25)21-10-11-22-24(26-21)23(28-27-22)17-6-8-18(9-7-17)30-14-12-29(2)13-15-30/h3-11H,12-15,25H2,1-2H3,(H,27,28). The second-order valence-electron chi connectivity index (χ2n) is 8.02. The molecule has 0 bridgehead atoms. The molecule has 3 N–H and O–H groups in total. The van der Waals surface area contributed by atoms with Crippen molar-refractivity contribution >= 4 is 22.4 Å². The van der Waals surface area contributed by atoms with Gasteiger partial charge in [-0.05, 0) is 49.9 Å². The Morgan fingerprint density at radius 2 is 1.70 bits per heavy atom. The molecule has 30 heavy (non-hydrogen) atoms. The average molecular weight is 399 g/mol. The Balaban J connectivity index is 1.49. The van der Waals surface area contributed by atoms with Crippen LogP contribution in [0.15, 0.2) is 54.6 Å². The Morgan fingerprint density at radius 3 is 2.47 bits per heavy atom. The first-order chi connectivity index (χ1) is 14.6. The van der Waals surface area contributed by atoms with E-state index in [1.54, 1.807) is 0 Å². The number of benzene rings is 2. The number of aromatic nitrogens is 3. The summed E-state index contributed by atoms with van der Waals surface area (Å²) in [4.78, 5) is 9.74. The fraction of sp³-hybridized carbons (Fsp3) is 0.250. The molecule has 2 aromatic carbocycles. The van der Waals surface area contributed by atoms with E-state index in [9.17, 15) is 0 Å². The molecule has 2 aromatic heterocycles. The summed E-state index contributed by atoms with van der Waals surface area (Å²) < 4.78 is 0. The Bertz CT molecular complexity index is 1190. The molecular weight excluding hydrogens is 372 g/mol. The number of nitrogens with zero attached hydrogens (tertiary/aromatic N) is 4. The Labute approximate surface area is 176 Å². The SMILES string of the molecule is Cc1c(N)cccc1-c1ccc2[nH]nc(-c3ccc(N4CCN(C)CC4)cc3)c2n1. The summed E-state index contributed by atoms with van der Waals surface area (Å²) in [6, 6.07) is 18.7. The van der Waals surface area contributed by atoms with E-state index >= 15 is 0 Å². The molecule has 1 aliphatic rings. The highest BCUT2D eigenvalue weighted by Gasteiger charge is 2.16. The van der Waals surface area contributed by atoms with Crippen molar-refractivity contribution in [2.75, 3.05) is 43.9 Å². The van der Waals surface area contributed by atoms with Crippen molar-refractivity contribution in [1.29, 1.82) is 0 Å². The number of aromatic amines is 1. The molecule has 3 heterocycles. The van der Waals surface area contributed by atoms with Crippen LogP contribution < -0.4 is 10.6 Å². The van der Waals surface area contributed by atoms with Gasteiger partial charge in [0.05, 0.1) is 11.2 Å². The molecule has 1 fully saturated rings. The molecule has 1 saturated heterocycles. The number of nitrogen functional groups attached to an aromatic ring is 1. The number of nitrogens with one attached hydrogen (secondary N) is 1. The van der Waals surface area contributed by atoms with Crippen LogP contribution in [0.5, 0.6) is 0 Å². The minimum Gasteiger partial charge on any atom is -0.398 e. The third kappa shape index (κ3) is 3.29. The molecule has 0 saturated carbocycles. The Morgan fingerprint density at radius 1 is 0.933 bits per heavy atom. The van der Waals surface area contributed by atoms with Crippen LogP contribution in [0.2, 0.25) is 0 Å². The number of pyridine rings is 1. The third-order valence-electron chi connectivity index (χ3n) is 6.07. The maximum Gasteiger partial charge on any atom is 0.118 e. The van der Waals surface area contributed by atoms with Gasteiger partial charge in [0.1, 0.15) is 11.2 Å². The van der Waals surface area contributed by atoms with E-state index in [2.05, 4.69) is 57.4 Å². The second kappa shape index (κ2) is 7.46. The maximum atomic E-state index is 6.10. The van der Waals surface area contributed by atoms with Gasteiger partial charge in [0.2, 0.25) is 0 Å². The summed E-state index contributed by atoms with van der Waals surface area (Å²) in [7, 11) is 2.18. The summed E-state index contributed by atoms with van der Waals surface area (Å²) >= 11 is 0. The van der Waals surface area contributed by atoms with Gasteiger partial charge in [-0.25, -0.2) is 4.98 Å². The molecule has 152 valence electrons. The van der Waals surface area contributed by atoms with Crippen LogP contribution in [0.4, 0.5) is 11.4 Å². The van der Waals surface area contributed by atoms with Crippen molar-refractivity contribution in [3.05, 3.63) is 60.2 Å². The van der Waals surface area contributed by atoms with Gasteiger partial charge in [-0.3, -0.25) is 5.10 Å². The van der Waals surface area contributed by atoms with Gasteiger partial charge in [-0.15, -0.1) is 0 Å². The first kappa shape index (κ1) is 18.6. The van der Waals surface area contributed by atoms with E-state index in [0.717, 1.165) is 71.0 Å². The molecule has 0 aliphatic carbocycles. The molecule has 0 amide bonds. The van der Waals surface area contributed by atoms with Crippen LogP contribution in [0.1, 0.15) is 5.56 Å². The molecule has 0 spiro atoms. The van der Waals surface area contributed by atoms with E-state index in [1.165, 1.54) is 5.69 Å². The largest absolute Gasteiger partial charge is 0.398 e. The predicted molar refractivity (Wildman–Crippen MR) is 124 cm³/mol. The van der Waals surface area contributed by atoms with Gasteiger partial charge in [0.25, 0.3) is 0 Å². The number of likely N-dealkylation sites (N-methyl/N-ethyl adjacent to an activating group) is 1. The van der Waals surface area contributed by atoms with Crippen molar-refractivity contribution < 1.29 is 0 Å². The molecule has 0 unspecified atom stereocenters. The van der Waals surface area contributed by atoms with Gasteiger partial charge in [0.15, 0.2) is 0 Å². The smallest absolute Gasteiger partial charge is 0.118 e. The van der Waals surface area contributed by atoms with Crippen molar-refractivity contribution in [3.63, 3.8) is 0 Å². The van der Waals surface area contributed by atoms with Gasteiger partial charge >= 0.3 is 0 Å². The van der Waals surface area contributed by atoms with Crippen molar-refractivity contribution in [3.8, 4) is 22.5 Å². The van der Waals surface area contributed by atoms with Gasteiger partial charge in [-0.2, -0.15) is 5.10 Å². The number of nitrogens with two attached hydrogens (primary N) is 1. The van der Waals surface area contributed by atoms with Crippen LogP contribution in [0, 0.1) is 6.92 Å². The van der Waals surface area contributed by atoms with Crippen LogP contribution in [-0.4, -0.2) is 53.3 Å². The fourth-order valence-corrected chi connectivity index (χ4v) is 4.08. The van der Waals surface area contributed by atoms with Gasteiger partial charge < -0.3 is 15.5 Å². The summed E-state index contributed by atoms with van der Waals surface area (Å²) in [5.74, 6) is 0. The Hall–Kier alpha value is -3.38. The van der Waals surface area contributed by atoms with E-state index in [-0.39, 0.29) is 0 Å². The summed E-state index contributed by atoms with van der Waals surface area (Å²) in [5, 5.41) is 7.68. The molecular formula is C24H26N6. The number of rotatable bonds is 3. The number of hydrogen-bond acceptors (Lipinski definition) is 5. The van der Waals surface area contributed by atoms with E-state index in [4.69, 9.17) is 10.7 Å². The van der Waals surface area contributed by atoms with Gasteiger partial charge in [0, 0.05) is 48.7 Å². The topological polar surface area (TPSA) is 74.1 Å². The maximum absolute atomic E-state index is 6.10. The molecule has 6 nitrogen and oxygen atoms in total. The van der Waals surface area contributed by atoms with Crippen LogP contribution in [0.25, 0.3) is 33.5 Å². The minimum absolute atomic E-state index is 0.779. The Kier molecular flexibility index (Phi) is 4.64. The fourth-order valence-electron chi connectivity index (χ4n) is 4.08. The number of piperazine rings is 1. The second-order valence-corrected chi connectivity index (χ2v) is 8.02. The van der Waals surface area contributed by atoms with Crippen molar-refractivity contribution in [1.82, 2.24) is 20.1 Å². The molecule has 0 radical (unpaired) electrons. The zero-order valence-corrected chi connectivity index (χ0v) is 17.4. The molecule has 0 atom stereocenters. The minimum atomic E-state index is 0.779. The zero-order chi connectivity index (χ0) is 20.7. The average Bonchev–Trinajstić information content (AvgIpc) is 3.20. The first-order valence-electron chi connectivity index (χ1n) is 10.3. The highest BCUT2D eigenvalue weighted by atomic mass is 15.2. The molecule has 5 rings (SSSR count). The quantitative estimate of drug-likeness (QED) is 0.512. The van der Waals surface area contributed by atoms with Crippen LogP contribution in [0.3, 0.4) is 0 Å². The predicted octanol–water partition coefficient (Wildman–Crippen LogP) is 3.93. The van der Waals surface area contributed by atoms with Crippen LogP contribution >= 0.6 is 0 Å². The lowest BCUT2D eigenvalue weighted by Gasteiger charge is -2.34. The lowest BCUT2D eigenvalue weighted by Crippen LogP contribution is -2.44. The van der Waals surface area contributed by atoms with Gasteiger partial charge in [-0.1, -0.05) is 24.3 Å². The number of fused-ring (bicyclic) bond motifs is 1. The summed E-state index contributed by atoms with van der Waals surface area (Å²) in [6.45, 7) is 6.35. The summed E-state index contributed by atoms with van der Waals surface area (Å²) in [5.41, 5.74) is 14.9. The van der Waals surface area contributed by atoms with Crippen molar-refractivity contribution in [2.45, 2.75) is 6.92 Å². The lowest BCUT2D eigenvalue weighted by atomic mass is 10.0. The van der Waals surface area contributed by atoms with Crippen molar-refractivity contribution in [2.24, 2.45) is 0 Å². The lowest BCUT2D eigenvalue weighted by molar-refractivity contribution is 0.313.